The molecule has 0 radical (unpaired) electrons. The van der Waals surface area contributed by atoms with Crippen molar-refractivity contribution in [3.8, 4) is 0 Å². The zero-order valence-electron chi connectivity index (χ0n) is 7.44. The molecule has 0 rings (SSSR count). The Morgan fingerprint density at radius 3 is 2.62 bits per heavy atom. The highest BCUT2D eigenvalue weighted by Crippen LogP contribution is 1.84. The average molecular weight is 192 g/mol. The van der Waals surface area contributed by atoms with Gasteiger partial charge in [-0.25, -0.2) is 0 Å². The monoisotopic (exact) mass is 192 g/mol. The lowest BCUT2D eigenvalue weighted by atomic mass is 10.3. The van der Waals surface area contributed by atoms with Crippen molar-refractivity contribution in [1.82, 2.24) is 0 Å². The fourth-order valence-electron chi connectivity index (χ4n) is 0.571. The van der Waals surface area contributed by atoms with Crippen molar-refractivity contribution in [2.45, 2.75) is 6.04 Å². The number of rotatable bonds is 7. The van der Waals surface area contributed by atoms with Crippen LogP contribution in [-0.4, -0.2) is 50.1 Å². The molecule has 0 aromatic carbocycles. The summed E-state index contributed by atoms with van der Waals surface area (Å²) < 4.78 is 9.54. The van der Waals surface area contributed by atoms with E-state index in [1.807, 2.05) is 0 Å². The Kier molecular flexibility index (Phi) is 7.51. The first kappa shape index (κ1) is 12.3. The summed E-state index contributed by atoms with van der Waals surface area (Å²) in [4.78, 5) is 10.9. The summed E-state index contributed by atoms with van der Waals surface area (Å²) in [7, 11) is 0. The van der Waals surface area contributed by atoms with Crippen LogP contribution in [0.3, 0.4) is 0 Å². The van der Waals surface area contributed by atoms with Gasteiger partial charge in [0, 0.05) is 6.54 Å². The normalized spacial score (nSPS) is 12.5. The maximum atomic E-state index is 10.9. The van der Waals surface area contributed by atoms with Crippen LogP contribution < -0.4 is 11.5 Å². The second-order valence-corrected chi connectivity index (χ2v) is 2.35. The summed E-state index contributed by atoms with van der Waals surface area (Å²) in [6.45, 7) is 0.642. The third-order valence-corrected chi connectivity index (χ3v) is 1.26. The molecule has 0 amide bonds. The van der Waals surface area contributed by atoms with E-state index >= 15 is 0 Å². The number of hydrogen-bond acceptors (Lipinski definition) is 6. The number of ether oxygens (including phenoxy) is 2. The van der Waals surface area contributed by atoms with Gasteiger partial charge in [0.1, 0.15) is 12.6 Å². The molecular weight excluding hydrogens is 176 g/mol. The van der Waals surface area contributed by atoms with Gasteiger partial charge < -0.3 is 26.0 Å². The van der Waals surface area contributed by atoms with E-state index in [1.54, 1.807) is 0 Å². The Hall–Kier alpha value is -0.690. The van der Waals surface area contributed by atoms with Crippen LogP contribution in [0, 0.1) is 0 Å². The van der Waals surface area contributed by atoms with E-state index in [1.165, 1.54) is 0 Å². The minimum absolute atomic E-state index is 0.0454. The van der Waals surface area contributed by atoms with Crippen molar-refractivity contribution in [3.05, 3.63) is 0 Å². The van der Waals surface area contributed by atoms with Crippen molar-refractivity contribution >= 4 is 5.97 Å². The molecule has 0 fully saturated rings. The Balaban J connectivity index is 3.27. The number of esters is 1. The van der Waals surface area contributed by atoms with E-state index in [9.17, 15) is 4.79 Å². The molecule has 0 spiro atoms. The predicted octanol–water partition coefficient (Wildman–Crippen LogP) is -2.18. The number of aliphatic hydroxyl groups is 1. The van der Waals surface area contributed by atoms with Gasteiger partial charge in [-0.3, -0.25) is 4.79 Å². The Labute approximate surface area is 76.8 Å². The summed E-state index contributed by atoms with van der Waals surface area (Å²) in [5.41, 5.74) is 10.4. The molecular formula is C7H16N2O4. The van der Waals surface area contributed by atoms with Crippen molar-refractivity contribution in [2.24, 2.45) is 11.5 Å². The number of carbonyl (C=O) groups excluding carboxylic acids is 1. The maximum absolute atomic E-state index is 10.9. The van der Waals surface area contributed by atoms with Crippen LogP contribution in [0.4, 0.5) is 0 Å². The molecule has 5 N–H and O–H groups in total. The zero-order chi connectivity index (χ0) is 10.1. The summed E-state index contributed by atoms with van der Waals surface area (Å²) in [6, 6.07) is -0.766. The lowest BCUT2D eigenvalue weighted by Crippen LogP contribution is -2.39. The van der Waals surface area contributed by atoms with Gasteiger partial charge in [-0.05, 0) is 0 Å². The zero-order valence-corrected chi connectivity index (χ0v) is 7.44. The Morgan fingerprint density at radius 1 is 1.38 bits per heavy atom. The molecule has 0 aliphatic carbocycles. The molecule has 0 heterocycles. The molecule has 0 aliphatic heterocycles. The van der Waals surface area contributed by atoms with Crippen LogP contribution in [0.25, 0.3) is 0 Å². The molecule has 0 saturated heterocycles. The van der Waals surface area contributed by atoms with Crippen molar-refractivity contribution in [3.63, 3.8) is 0 Å². The Morgan fingerprint density at radius 2 is 2.08 bits per heavy atom. The SMILES string of the molecule is NCC(N)C(=O)OCCOCCO. The number of carbonyl (C=O) groups is 1. The van der Waals surface area contributed by atoms with E-state index in [0.29, 0.717) is 0 Å². The van der Waals surface area contributed by atoms with Gasteiger partial charge in [-0.2, -0.15) is 0 Å². The van der Waals surface area contributed by atoms with Gasteiger partial charge in [0.2, 0.25) is 0 Å². The largest absolute Gasteiger partial charge is 0.462 e. The predicted molar refractivity (Wildman–Crippen MR) is 45.9 cm³/mol. The number of nitrogens with two attached hydrogens (primary N) is 2. The van der Waals surface area contributed by atoms with E-state index in [4.69, 9.17) is 26.0 Å². The number of hydrogen-bond donors (Lipinski definition) is 3. The van der Waals surface area contributed by atoms with Crippen LogP contribution in [0.5, 0.6) is 0 Å². The molecule has 0 aromatic rings. The molecule has 0 aliphatic rings. The number of aliphatic hydroxyl groups excluding tert-OH is 1. The molecule has 0 bridgehead atoms. The minimum Gasteiger partial charge on any atom is -0.462 e. The second-order valence-electron chi connectivity index (χ2n) is 2.35. The molecule has 0 saturated carbocycles. The van der Waals surface area contributed by atoms with Crippen molar-refractivity contribution in [2.75, 3.05) is 33.0 Å². The van der Waals surface area contributed by atoms with Crippen molar-refractivity contribution < 1.29 is 19.4 Å². The van der Waals surface area contributed by atoms with Gasteiger partial charge in [-0.1, -0.05) is 0 Å². The fourth-order valence-corrected chi connectivity index (χ4v) is 0.571. The van der Waals surface area contributed by atoms with Gasteiger partial charge in [0.05, 0.1) is 19.8 Å². The lowest BCUT2D eigenvalue weighted by molar-refractivity contribution is -0.146. The first-order chi connectivity index (χ1) is 6.22. The van der Waals surface area contributed by atoms with Gasteiger partial charge in [-0.15, -0.1) is 0 Å². The minimum atomic E-state index is -0.766. The molecule has 78 valence electrons. The van der Waals surface area contributed by atoms with Gasteiger partial charge >= 0.3 is 5.97 Å². The maximum Gasteiger partial charge on any atom is 0.324 e. The molecule has 1 unspecified atom stereocenters. The van der Waals surface area contributed by atoms with Crippen LogP contribution in [0.1, 0.15) is 0 Å². The van der Waals surface area contributed by atoms with Crippen LogP contribution >= 0.6 is 0 Å². The quantitative estimate of drug-likeness (QED) is 0.313. The van der Waals surface area contributed by atoms with Gasteiger partial charge in [0.15, 0.2) is 0 Å². The average Bonchev–Trinajstić information content (AvgIpc) is 2.16. The summed E-state index contributed by atoms with van der Waals surface area (Å²) in [5, 5.41) is 8.33. The standard InChI is InChI=1S/C7H16N2O4/c8-5-6(9)7(11)13-4-3-12-2-1-10/h6,10H,1-5,8-9H2. The highest BCUT2D eigenvalue weighted by Gasteiger charge is 2.11. The first-order valence-electron chi connectivity index (χ1n) is 4.03. The molecule has 6 heteroatoms. The fraction of sp³-hybridized carbons (Fsp3) is 0.857. The van der Waals surface area contributed by atoms with E-state index < -0.39 is 12.0 Å². The molecule has 13 heavy (non-hydrogen) atoms. The second kappa shape index (κ2) is 7.93. The topological polar surface area (TPSA) is 108 Å². The molecule has 6 nitrogen and oxygen atoms in total. The third kappa shape index (κ3) is 6.47. The Bertz CT molecular complexity index is 142. The molecule has 0 aromatic heterocycles. The summed E-state index contributed by atoms with van der Waals surface area (Å²) in [6.07, 6.45) is 0. The van der Waals surface area contributed by atoms with Crippen LogP contribution in [-0.2, 0) is 14.3 Å². The smallest absolute Gasteiger partial charge is 0.324 e. The van der Waals surface area contributed by atoms with E-state index in [2.05, 4.69) is 0 Å². The highest BCUT2D eigenvalue weighted by molar-refractivity contribution is 5.75. The van der Waals surface area contributed by atoms with E-state index in [0.717, 1.165) is 0 Å². The molecule has 1 atom stereocenters. The lowest BCUT2D eigenvalue weighted by Gasteiger charge is -2.08. The summed E-state index contributed by atoms with van der Waals surface area (Å²) >= 11 is 0. The van der Waals surface area contributed by atoms with E-state index in [-0.39, 0.29) is 33.0 Å². The third-order valence-electron chi connectivity index (χ3n) is 1.26. The van der Waals surface area contributed by atoms with Crippen molar-refractivity contribution in [1.29, 1.82) is 0 Å². The van der Waals surface area contributed by atoms with Crippen LogP contribution in [0.2, 0.25) is 0 Å². The summed E-state index contributed by atoms with van der Waals surface area (Å²) in [5.74, 6) is -0.532. The first-order valence-corrected chi connectivity index (χ1v) is 4.03. The highest BCUT2D eigenvalue weighted by atomic mass is 16.6. The van der Waals surface area contributed by atoms with Crippen LogP contribution in [0.15, 0.2) is 0 Å². The van der Waals surface area contributed by atoms with Gasteiger partial charge in [0.25, 0.3) is 0 Å².